The van der Waals surface area contributed by atoms with Gasteiger partial charge >= 0.3 is 0 Å². The minimum absolute atomic E-state index is 0.409. The molecule has 0 amide bonds. The predicted molar refractivity (Wildman–Crippen MR) is 88.1 cm³/mol. The van der Waals surface area contributed by atoms with E-state index in [2.05, 4.69) is 15.1 Å². The van der Waals surface area contributed by atoms with Crippen LogP contribution in [0.4, 0.5) is 0 Å². The molecule has 0 aromatic rings. The first-order valence-corrected chi connectivity index (χ1v) is 9.22. The zero-order chi connectivity index (χ0) is 15.3. The topological polar surface area (TPSA) is 48.0 Å². The molecule has 3 rings (SSSR count). The van der Waals surface area contributed by atoms with Crippen molar-refractivity contribution in [1.29, 1.82) is 0 Å². The van der Waals surface area contributed by atoms with Gasteiger partial charge in [-0.15, -0.1) is 0 Å². The first-order valence-electron chi connectivity index (χ1n) is 9.22. The Labute approximate surface area is 135 Å². The van der Waals surface area contributed by atoms with E-state index < -0.39 is 5.60 Å². The summed E-state index contributed by atoms with van der Waals surface area (Å²) in [6.45, 7) is 9.54. The van der Waals surface area contributed by atoms with Gasteiger partial charge in [0.25, 0.3) is 0 Å². The number of likely N-dealkylation sites (tertiary alicyclic amines) is 1. The third-order valence-corrected chi connectivity index (χ3v) is 5.68. The lowest BCUT2D eigenvalue weighted by atomic mass is 10.00. The molecule has 1 aliphatic carbocycles. The number of ether oxygens (including phenoxy) is 1. The van der Waals surface area contributed by atoms with Crippen LogP contribution in [0, 0.1) is 0 Å². The van der Waals surface area contributed by atoms with Gasteiger partial charge in [-0.05, 0) is 38.8 Å². The Morgan fingerprint density at radius 2 is 1.55 bits per heavy atom. The van der Waals surface area contributed by atoms with E-state index >= 15 is 0 Å². The van der Waals surface area contributed by atoms with E-state index in [4.69, 9.17) is 4.74 Å². The zero-order valence-electron chi connectivity index (χ0n) is 13.9. The Morgan fingerprint density at radius 3 is 2.18 bits per heavy atom. The summed E-state index contributed by atoms with van der Waals surface area (Å²) in [7, 11) is 0. The molecule has 5 nitrogen and oxygen atoms in total. The lowest BCUT2D eigenvalue weighted by Gasteiger charge is -2.36. The van der Waals surface area contributed by atoms with Gasteiger partial charge < -0.3 is 20.1 Å². The highest BCUT2D eigenvalue weighted by molar-refractivity contribution is 4.88. The van der Waals surface area contributed by atoms with Crippen LogP contribution in [0.25, 0.3) is 0 Å². The average molecular weight is 311 g/mol. The van der Waals surface area contributed by atoms with Gasteiger partial charge in [0, 0.05) is 38.8 Å². The lowest BCUT2D eigenvalue weighted by molar-refractivity contribution is 0.0299. The molecule has 0 atom stereocenters. The van der Waals surface area contributed by atoms with Gasteiger partial charge in [0.15, 0.2) is 0 Å². The maximum atomic E-state index is 10.4. The van der Waals surface area contributed by atoms with Crippen molar-refractivity contribution in [3.63, 3.8) is 0 Å². The number of hydrogen-bond acceptors (Lipinski definition) is 5. The molecular weight excluding hydrogens is 278 g/mol. The molecule has 1 saturated carbocycles. The number of morpholine rings is 1. The largest absolute Gasteiger partial charge is 0.389 e. The van der Waals surface area contributed by atoms with Crippen molar-refractivity contribution in [2.75, 3.05) is 59.0 Å². The van der Waals surface area contributed by atoms with E-state index in [1.165, 1.54) is 51.9 Å². The average Bonchev–Trinajstić information content (AvgIpc) is 3.00. The molecule has 128 valence electrons. The third kappa shape index (κ3) is 4.90. The smallest absolute Gasteiger partial charge is 0.0771 e. The Balaban J connectivity index is 1.28. The summed E-state index contributed by atoms with van der Waals surface area (Å²) in [4.78, 5) is 5.11. The molecule has 2 aliphatic heterocycles. The summed E-state index contributed by atoms with van der Waals surface area (Å²) >= 11 is 0. The van der Waals surface area contributed by atoms with Crippen LogP contribution in [0.3, 0.4) is 0 Å². The van der Waals surface area contributed by atoms with Crippen LogP contribution in [0.5, 0.6) is 0 Å². The molecule has 2 N–H and O–H groups in total. The molecule has 2 saturated heterocycles. The SMILES string of the molecule is OC1(CNC2CCN(CCN3CCOCC3)CC2)CCCC1. The van der Waals surface area contributed by atoms with Gasteiger partial charge in [-0.2, -0.15) is 0 Å². The minimum Gasteiger partial charge on any atom is -0.389 e. The molecule has 0 bridgehead atoms. The standard InChI is InChI=1S/C17H33N3O2/c21-17(5-1-2-6-17)15-18-16-3-7-19(8-4-16)9-10-20-11-13-22-14-12-20/h16,18,21H,1-15H2. The molecule has 3 aliphatic rings. The van der Waals surface area contributed by atoms with Gasteiger partial charge in [0.05, 0.1) is 18.8 Å². The molecule has 22 heavy (non-hydrogen) atoms. The highest BCUT2D eigenvalue weighted by Crippen LogP contribution is 2.29. The Hall–Kier alpha value is -0.200. The quantitative estimate of drug-likeness (QED) is 0.755. The maximum Gasteiger partial charge on any atom is 0.0771 e. The lowest BCUT2D eigenvalue weighted by Crippen LogP contribution is -2.49. The Bertz CT molecular complexity index is 320. The van der Waals surface area contributed by atoms with E-state index in [1.54, 1.807) is 0 Å². The summed E-state index contributed by atoms with van der Waals surface area (Å²) < 4.78 is 5.40. The van der Waals surface area contributed by atoms with Crippen molar-refractivity contribution in [2.45, 2.75) is 50.2 Å². The van der Waals surface area contributed by atoms with Gasteiger partial charge in [0.2, 0.25) is 0 Å². The summed E-state index contributed by atoms with van der Waals surface area (Å²) in [5.41, 5.74) is -0.409. The first kappa shape index (κ1) is 16.7. The van der Waals surface area contributed by atoms with Crippen LogP contribution < -0.4 is 5.32 Å². The molecule has 0 aromatic carbocycles. The van der Waals surface area contributed by atoms with E-state index in [-0.39, 0.29) is 0 Å². The number of rotatable bonds is 6. The second kappa shape index (κ2) is 8.06. The van der Waals surface area contributed by atoms with Gasteiger partial charge in [-0.3, -0.25) is 4.90 Å². The molecule has 0 spiro atoms. The van der Waals surface area contributed by atoms with Crippen molar-refractivity contribution in [3.05, 3.63) is 0 Å². The van der Waals surface area contributed by atoms with E-state index in [0.717, 1.165) is 45.7 Å². The number of hydrogen-bond donors (Lipinski definition) is 2. The molecule has 0 unspecified atom stereocenters. The van der Waals surface area contributed by atoms with Crippen LogP contribution in [0.15, 0.2) is 0 Å². The summed E-state index contributed by atoms with van der Waals surface area (Å²) in [5.74, 6) is 0. The van der Waals surface area contributed by atoms with Gasteiger partial charge in [0.1, 0.15) is 0 Å². The van der Waals surface area contributed by atoms with Gasteiger partial charge in [-0.1, -0.05) is 12.8 Å². The highest BCUT2D eigenvalue weighted by atomic mass is 16.5. The molecule has 5 heteroatoms. The van der Waals surface area contributed by atoms with Crippen molar-refractivity contribution in [1.82, 2.24) is 15.1 Å². The zero-order valence-corrected chi connectivity index (χ0v) is 13.9. The maximum absolute atomic E-state index is 10.4. The molecule has 3 fully saturated rings. The van der Waals surface area contributed by atoms with Crippen LogP contribution in [0.1, 0.15) is 38.5 Å². The molecule has 0 aromatic heterocycles. The van der Waals surface area contributed by atoms with Gasteiger partial charge in [-0.25, -0.2) is 0 Å². The van der Waals surface area contributed by atoms with Crippen molar-refractivity contribution >= 4 is 0 Å². The van der Waals surface area contributed by atoms with E-state index in [9.17, 15) is 5.11 Å². The fourth-order valence-electron chi connectivity index (χ4n) is 4.01. The third-order valence-electron chi connectivity index (χ3n) is 5.68. The molecule has 2 heterocycles. The monoisotopic (exact) mass is 311 g/mol. The van der Waals surface area contributed by atoms with Crippen LogP contribution in [0.2, 0.25) is 0 Å². The fourth-order valence-corrected chi connectivity index (χ4v) is 4.01. The second-order valence-electron chi connectivity index (χ2n) is 7.38. The Kier molecular flexibility index (Phi) is 6.10. The van der Waals surface area contributed by atoms with Crippen LogP contribution in [-0.2, 0) is 4.74 Å². The first-order chi connectivity index (χ1) is 10.7. The summed E-state index contributed by atoms with van der Waals surface area (Å²) in [6, 6.07) is 0.601. The van der Waals surface area contributed by atoms with Crippen LogP contribution >= 0.6 is 0 Å². The number of piperidine rings is 1. The number of nitrogens with zero attached hydrogens (tertiary/aromatic N) is 2. The minimum atomic E-state index is -0.409. The normalized spacial score (nSPS) is 28.2. The second-order valence-corrected chi connectivity index (χ2v) is 7.38. The Morgan fingerprint density at radius 1 is 0.955 bits per heavy atom. The molecular formula is C17H33N3O2. The van der Waals surface area contributed by atoms with Crippen molar-refractivity contribution in [3.8, 4) is 0 Å². The van der Waals surface area contributed by atoms with E-state index in [1.807, 2.05) is 0 Å². The fraction of sp³-hybridized carbons (Fsp3) is 1.00. The summed E-state index contributed by atoms with van der Waals surface area (Å²) in [6.07, 6.45) is 6.80. The molecule has 0 radical (unpaired) electrons. The number of nitrogens with one attached hydrogen (secondary N) is 1. The van der Waals surface area contributed by atoms with Crippen molar-refractivity contribution < 1.29 is 9.84 Å². The summed E-state index contributed by atoms with van der Waals surface area (Å²) in [5, 5.41) is 14.0. The number of aliphatic hydroxyl groups is 1. The predicted octanol–water partition coefficient (Wildman–Crippen LogP) is 0.678. The van der Waals surface area contributed by atoms with E-state index in [0.29, 0.717) is 6.04 Å². The van der Waals surface area contributed by atoms with Crippen molar-refractivity contribution in [2.24, 2.45) is 0 Å². The van der Waals surface area contributed by atoms with Crippen LogP contribution in [-0.4, -0.2) is 85.6 Å². The highest BCUT2D eigenvalue weighted by Gasteiger charge is 2.31.